The van der Waals surface area contributed by atoms with Crippen molar-refractivity contribution in [3.05, 3.63) is 94.6 Å². The van der Waals surface area contributed by atoms with E-state index >= 15 is 0 Å². The van der Waals surface area contributed by atoms with E-state index in [1.54, 1.807) is 52.2 Å². The Bertz CT molecular complexity index is 2080. The summed E-state index contributed by atoms with van der Waals surface area (Å²) in [6.45, 7) is 2.31. The van der Waals surface area contributed by atoms with Crippen LogP contribution in [0.25, 0.3) is 10.1 Å². The Balaban J connectivity index is 0.944. The number of hydrogen-bond acceptors (Lipinski definition) is 7. The van der Waals surface area contributed by atoms with Gasteiger partial charge in [-0.15, -0.1) is 11.3 Å². The zero-order valence-corrected chi connectivity index (χ0v) is 27.0. The molecule has 5 aromatic rings. The second-order valence-electron chi connectivity index (χ2n) is 11.7. The third-order valence-corrected chi connectivity index (χ3v) is 9.38. The highest BCUT2D eigenvalue weighted by Crippen LogP contribution is 2.41. The van der Waals surface area contributed by atoms with Crippen LogP contribution in [0.1, 0.15) is 44.1 Å². The van der Waals surface area contributed by atoms with E-state index in [2.05, 4.69) is 28.6 Å². The number of para-hydroxylation sites is 1. The van der Waals surface area contributed by atoms with Crippen LogP contribution in [0.3, 0.4) is 0 Å². The van der Waals surface area contributed by atoms with Gasteiger partial charge in [-0.2, -0.15) is 0 Å². The van der Waals surface area contributed by atoms with E-state index in [0.717, 1.165) is 16.6 Å². The van der Waals surface area contributed by atoms with Crippen LogP contribution < -0.4 is 25.0 Å². The van der Waals surface area contributed by atoms with E-state index < -0.39 is 0 Å². The van der Waals surface area contributed by atoms with E-state index in [9.17, 15) is 14.4 Å². The molecular formula is C36H33N5O5S. The number of nitrogens with one attached hydrogen (secondary N) is 2. The first kappa shape index (κ1) is 30.2. The van der Waals surface area contributed by atoms with Crippen LogP contribution in [0, 0.1) is 6.92 Å². The summed E-state index contributed by atoms with van der Waals surface area (Å²) in [7, 11) is 3.29. The van der Waals surface area contributed by atoms with Crippen molar-refractivity contribution in [1.29, 1.82) is 0 Å². The van der Waals surface area contributed by atoms with Crippen LogP contribution in [0.5, 0.6) is 11.5 Å². The van der Waals surface area contributed by atoms with E-state index in [4.69, 9.17) is 9.47 Å². The molecule has 10 nitrogen and oxygen atoms in total. The lowest BCUT2D eigenvalue weighted by molar-refractivity contribution is -0.116. The molecule has 0 saturated heterocycles. The van der Waals surface area contributed by atoms with Crippen LogP contribution >= 0.6 is 11.3 Å². The Hall–Kier alpha value is -5.42. The fourth-order valence-electron chi connectivity index (χ4n) is 6.13. The molecule has 0 spiro atoms. The summed E-state index contributed by atoms with van der Waals surface area (Å²) in [6.07, 6.45) is 4.88. The molecule has 0 unspecified atom stereocenters. The van der Waals surface area contributed by atoms with Gasteiger partial charge >= 0.3 is 0 Å². The summed E-state index contributed by atoms with van der Waals surface area (Å²) in [5.41, 5.74) is 4.64. The van der Waals surface area contributed by atoms with Crippen LogP contribution in [-0.4, -0.2) is 48.3 Å². The minimum absolute atomic E-state index is 0.134. The topological polar surface area (TPSA) is 114 Å². The zero-order valence-electron chi connectivity index (χ0n) is 26.2. The average Bonchev–Trinajstić information content (AvgIpc) is 3.71. The number of hydrogen-bond donors (Lipinski definition) is 2. The fraction of sp³-hybridized carbons (Fsp3) is 0.222. The van der Waals surface area contributed by atoms with E-state index in [1.165, 1.54) is 16.7 Å². The van der Waals surface area contributed by atoms with Crippen molar-refractivity contribution in [3.63, 3.8) is 0 Å². The molecule has 0 saturated carbocycles. The van der Waals surface area contributed by atoms with Crippen molar-refractivity contribution < 1.29 is 23.9 Å². The summed E-state index contributed by atoms with van der Waals surface area (Å²) in [5.74, 6) is 0.271. The number of nitrogens with zero attached hydrogens (tertiary/aromatic N) is 3. The highest BCUT2D eigenvalue weighted by Gasteiger charge is 2.36. The second-order valence-corrected chi connectivity index (χ2v) is 13.0. The number of rotatable bonds is 9. The van der Waals surface area contributed by atoms with Gasteiger partial charge in [0.2, 0.25) is 5.91 Å². The number of carbonyl (C=O) groups is 3. The number of anilines is 3. The van der Waals surface area contributed by atoms with Gasteiger partial charge in [0.25, 0.3) is 11.8 Å². The molecular weight excluding hydrogens is 614 g/mol. The van der Waals surface area contributed by atoms with Gasteiger partial charge in [0.05, 0.1) is 36.7 Å². The maximum absolute atomic E-state index is 13.6. The average molecular weight is 648 g/mol. The molecule has 4 heterocycles. The van der Waals surface area contributed by atoms with Gasteiger partial charge in [-0.3, -0.25) is 24.3 Å². The normalized spacial score (nSPS) is 14.7. The predicted octanol–water partition coefficient (Wildman–Crippen LogP) is 6.89. The minimum Gasteiger partial charge on any atom is -0.493 e. The standard InChI is InChI=1S/C36H33N5O5S/c1-21-13-23-14-24(10-11-33(23)47-21)39-35(43)30-16-25(20-40(30)2)38-34(42)9-6-12-46-32-18-28-27(17-31(32)45-3)36(44)41-26(19-37-28)15-22-7-4-5-8-29(22)41/h4-5,7-8,10-11,13-14,16-20,26H,6,9,12,15H2,1-3H3,(H,38,42)(H,39,43)/t26-/m0/s1. The molecule has 0 aliphatic carbocycles. The monoisotopic (exact) mass is 647 g/mol. The molecule has 0 fully saturated rings. The molecule has 2 N–H and O–H groups in total. The summed E-state index contributed by atoms with van der Waals surface area (Å²) in [5, 5.41) is 6.91. The Morgan fingerprint density at radius 3 is 2.72 bits per heavy atom. The third kappa shape index (κ3) is 5.97. The van der Waals surface area contributed by atoms with Gasteiger partial charge in [-0.05, 0) is 66.8 Å². The Morgan fingerprint density at radius 1 is 1.02 bits per heavy atom. The van der Waals surface area contributed by atoms with E-state index in [-0.39, 0.29) is 36.8 Å². The summed E-state index contributed by atoms with van der Waals surface area (Å²) in [6, 6.07) is 20.7. The molecule has 0 radical (unpaired) electrons. The van der Waals surface area contributed by atoms with Gasteiger partial charge in [0.1, 0.15) is 5.69 Å². The smallest absolute Gasteiger partial charge is 0.272 e. The molecule has 3 aromatic carbocycles. The first-order chi connectivity index (χ1) is 22.8. The number of ether oxygens (including phenoxy) is 2. The number of aliphatic imine (C=N–C) groups is 1. The van der Waals surface area contributed by atoms with Crippen molar-refractivity contribution >= 4 is 68.1 Å². The van der Waals surface area contributed by atoms with Crippen molar-refractivity contribution in [2.45, 2.75) is 32.2 Å². The van der Waals surface area contributed by atoms with Gasteiger partial charge in [-0.25, -0.2) is 0 Å². The van der Waals surface area contributed by atoms with Gasteiger partial charge in [0.15, 0.2) is 11.5 Å². The first-order valence-corrected chi connectivity index (χ1v) is 16.2. The lowest BCUT2D eigenvalue weighted by Gasteiger charge is -2.22. The summed E-state index contributed by atoms with van der Waals surface area (Å²) >= 11 is 1.71. The van der Waals surface area contributed by atoms with Crippen molar-refractivity contribution in [2.24, 2.45) is 12.0 Å². The first-order valence-electron chi connectivity index (χ1n) is 15.4. The Morgan fingerprint density at radius 2 is 1.87 bits per heavy atom. The summed E-state index contributed by atoms with van der Waals surface area (Å²) in [4.78, 5) is 47.0. The zero-order chi connectivity index (χ0) is 32.7. The van der Waals surface area contributed by atoms with Crippen molar-refractivity contribution in [2.75, 3.05) is 29.3 Å². The van der Waals surface area contributed by atoms with E-state index in [1.807, 2.05) is 48.7 Å². The molecule has 238 valence electrons. The van der Waals surface area contributed by atoms with Crippen molar-refractivity contribution in [1.82, 2.24) is 4.57 Å². The van der Waals surface area contributed by atoms with Gasteiger partial charge in [0, 0.05) is 59.3 Å². The molecule has 0 bridgehead atoms. The number of thiophene rings is 1. The van der Waals surface area contributed by atoms with Crippen molar-refractivity contribution in [3.8, 4) is 11.5 Å². The van der Waals surface area contributed by atoms with Gasteiger partial charge < -0.3 is 24.7 Å². The summed E-state index contributed by atoms with van der Waals surface area (Å²) < 4.78 is 14.4. The number of amides is 3. The minimum atomic E-state index is -0.265. The van der Waals surface area contributed by atoms with Crippen LogP contribution in [0.2, 0.25) is 0 Å². The molecule has 11 heteroatoms. The SMILES string of the molecule is COc1cc2c(cc1OCCCC(=O)Nc1cc(C(=O)Nc3ccc4sc(C)cc4c3)n(C)c1)N=C[C@@H]1Cc3ccccc3N1C2=O. The molecule has 47 heavy (non-hydrogen) atoms. The fourth-order valence-corrected chi connectivity index (χ4v) is 7.04. The highest BCUT2D eigenvalue weighted by atomic mass is 32.1. The van der Waals surface area contributed by atoms with Crippen LogP contribution in [0.4, 0.5) is 22.7 Å². The number of fused-ring (bicyclic) bond motifs is 5. The molecule has 2 aliphatic rings. The van der Waals surface area contributed by atoms with Crippen LogP contribution in [0.15, 0.2) is 77.9 Å². The largest absolute Gasteiger partial charge is 0.493 e. The lowest BCUT2D eigenvalue weighted by atomic mass is 10.1. The lowest BCUT2D eigenvalue weighted by Crippen LogP contribution is -2.37. The highest BCUT2D eigenvalue weighted by molar-refractivity contribution is 7.19. The predicted molar refractivity (Wildman–Crippen MR) is 185 cm³/mol. The second kappa shape index (κ2) is 12.4. The number of aromatic nitrogens is 1. The maximum Gasteiger partial charge on any atom is 0.272 e. The third-order valence-electron chi connectivity index (χ3n) is 8.35. The molecule has 7 rings (SSSR count). The molecule has 2 aromatic heterocycles. The maximum atomic E-state index is 13.6. The number of carbonyl (C=O) groups excluding carboxylic acids is 3. The molecule has 3 amide bonds. The quantitative estimate of drug-likeness (QED) is 0.169. The Labute approximate surface area is 275 Å². The van der Waals surface area contributed by atoms with E-state index in [0.29, 0.717) is 52.7 Å². The van der Waals surface area contributed by atoms with Crippen LogP contribution in [-0.2, 0) is 18.3 Å². The number of methoxy groups -OCH3 is 1. The Kier molecular flexibility index (Phi) is 7.98. The number of benzene rings is 3. The molecule has 1 atom stereocenters. The number of aryl methyl sites for hydroxylation is 2. The van der Waals surface area contributed by atoms with Gasteiger partial charge in [-0.1, -0.05) is 18.2 Å². The molecule has 2 aliphatic heterocycles.